The molecule has 3 nitrogen and oxygen atoms in total. The van der Waals surface area contributed by atoms with Gasteiger partial charge in [0.1, 0.15) is 5.69 Å². The molecule has 1 aliphatic carbocycles. The molecule has 0 aromatic carbocycles. The molecule has 18 heavy (non-hydrogen) atoms. The Hall–Kier alpha value is -1.22. The number of nitrogens with zero attached hydrogens (tertiary/aromatic N) is 2. The van der Waals surface area contributed by atoms with Crippen LogP contribution in [0.1, 0.15) is 43.1 Å². The van der Waals surface area contributed by atoms with Crippen molar-refractivity contribution in [2.45, 2.75) is 38.1 Å². The first-order chi connectivity index (χ1) is 8.76. The maximum Gasteiger partial charge on any atom is 0.201 e. The number of piperidine rings is 2. The van der Waals surface area contributed by atoms with Gasteiger partial charge in [0.2, 0.25) is 5.78 Å². The predicted octanol–water partition coefficient (Wildman–Crippen LogP) is 2.53. The molecule has 1 aromatic rings. The number of rotatable bonds is 3. The first-order valence-corrected chi connectivity index (χ1v) is 6.97. The van der Waals surface area contributed by atoms with Gasteiger partial charge in [-0.15, -0.1) is 0 Å². The molecule has 0 spiro atoms. The summed E-state index contributed by atoms with van der Waals surface area (Å²) in [5, 5.41) is 0. The van der Waals surface area contributed by atoms with E-state index >= 15 is 0 Å². The van der Waals surface area contributed by atoms with E-state index in [1.807, 2.05) is 18.2 Å². The molecule has 3 aliphatic rings. The Balaban J connectivity index is 1.95. The van der Waals surface area contributed by atoms with Gasteiger partial charge in [0, 0.05) is 12.7 Å². The number of Topliss-reactive ketones (excluding diaryl/α,β-unsaturated/α-hetero) is 1. The van der Waals surface area contributed by atoms with Crippen LogP contribution < -0.4 is 0 Å². The highest BCUT2D eigenvalue weighted by Crippen LogP contribution is 2.44. The van der Waals surface area contributed by atoms with Crippen molar-refractivity contribution >= 4 is 5.78 Å². The first-order valence-electron chi connectivity index (χ1n) is 6.97. The van der Waals surface area contributed by atoms with Crippen LogP contribution in [0.5, 0.6) is 0 Å². The number of carbonyl (C=O) groups excluding carboxylic acids is 1. The standard InChI is InChI=1S/C15H20N2O/c1-2-17-11-12-6-8-15(17,9-7-12)14(18)13-5-3-4-10-16-13/h3-5,10,12H,2,6-9,11H2,1H3. The van der Waals surface area contributed by atoms with Crippen LogP contribution in [-0.4, -0.2) is 34.3 Å². The summed E-state index contributed by atoms with van der Waals surface area (Å²) in [6.07, 6.45) is 6.15. The Bertz CT molecular complexity index is 435. The lowest BCUT2D eigenvalue weighted by molar-refractivity contribution is -0.0163. The topological polar surface area (TPSA) is 33.2 Å². The van der Waals surface area contributed by atoms with Gasteiger partial charge in [-0.05, 0) is 50.3 Å². The normalized spacial score (nSPS) is 31.5. The number of hydrogen-bond acceptors (Lipinski definition) is 3. The van der Waals surface area contributed by atoms with Gasteiger partial charge in [-0.2, -0.15) is 0 Å². The average molecular weight is 244 g/mol. The average Bonchev–Trinajstić information content (AvgIpc) is 2.48. The fraction of sp³-hybridized carbons (Fsp3) is 0.600. The summed E-state index contributed by atoms with van der Waals surface area (Å²) < 4.78 is 0. The van der Waals surface area contributed by atoms with Crippen LogP contribution in [0.3, 0.4) is 0 Å². The van der Waals surface area contributed by atoms with Gasteiger partial charge in [-0.25, -0.2) is 0 Å². The highest BCUT2D eigenvalue weighted by atomic mass is 16.1. The van der Waals surface area contributed by atoms with Gasteiger partial charge >= 0.3 is 0 Å². The quantitative estimate of drug-likeness (QED) is 0.766. The van der Waals surface area contributed by atoms with Crippen molar-refractivity contribution in [2.75, 3.05) is 13.1 Å². The molecule has 3 fully saturated rings. The zero-order valence-corrected chi connectivity index (χ0v) is 10.9. The van der Waals surface area contributed by atoms with E-state index in [-0.39, 0.29) is 11.3 Å². The predicted molar refractivity (Wildman–Crippen MR) is 70.5 cm³/mol. The Morgan fingerprint density at radius 2 is 2.22 bits per heavy atom. The molecule has 2 aliphatic heterocycles. The molecule has 3 heteroatoms. The number of fused-ring (bicyclic) bond motifs is 3. The van der Waals surface area contributed by atoms with Gasteiger partial charge in [-0.1, -0.05) is 13.0 Å². The van der Waals surface area contributed by atoms with Crippen LogP contribution in [-0.2, 0) is 0 Å². The summed E-state index contributed by atoms with van der Waals surface area (Å²) in [6, 6.07) is 5.62. The lowest BCUT2D eigenvalue weighted by Gasteiger charge is -2.53. The zero-order chi connectivity index (χ0) is 12.6. The molecule has 2 saturated heterocycles. The fourth-order valence-corrected chi connectivity index (χ4v) is 3.68. The van der Waals surface area contributed by atoms with Crippen molar-refractivity contribution in [3.8, 4) is 0 Å². The van der Waals surface area contributed by atoms with Crippen LogP contribution in [0.2, 0.25) is 0 Å². The van der Waals surface area contributed by atoms with E-state index in [2.05, 4.69) is 16.8 Å². The van der Waals surface area contributed by atoms with E-state index in [9.17, 15) is 4.79 Å². The molecule has 0 atom stereocenters. The van der Waals surface area contributed by atoms with Gasteiger partial charge in [0.15, 0.2) is 0 Å². The summed E-state index contributed by atoms with van der Waals surface area (Å²) in [4.78, 5) is 19.5. The number of aromatic nitrogens is 1. The highest BCUT2D eigenvalue weighted by Gasteiger charge is 2.50. The van der Waals surface area contributed by atoms with Gasteiger partial charge in [-0.3, -0.25) is 14.7 Å². The van der Waals surface area contributed by atoms with E-state index in [0.29, 0.717) is 5.69 Å². The molecule has 0 amide bonds. The van der Waals surface area contributed by atoms with Crippen molar-refractivity contribution in [3.05, 3.63) is 30.1 Å². The summed E-state index contributed by atoms with van der Waals surface area (Å²) in [7, 11) is 0. The lowest BCUT2D eigenvalue weighted by atomic mass is 9.68. The Labute approximate surface area is 108 Å². The number of ketones is 1. The van der Waals surface area contributed by atoms with Crippen molar-refractivity contribution in [1.29, 1.82) is 0 Å². The molecule has 0 radical (unpaired) electrons. The van der Waals surface area contributed by atoms with Crippen molar-refractivity contribution in [1.82, 2.24) is 9.88 Å². The van der Waals surface area contributed by atoms with Crippen LogP contribution in [0, 0.1) is 5.92 Å². The molecule has 96 valence electrons. The number of carbonyl (C=O) groups is 1. The van der Waals surface area contributed by atoms with E-state index in [4.69, 9.17) is 0 Å². The second kappa shape index (κ2) is 4.47. The Kier molecular flexibility index (Phi) is 2.94. The summed E-state index contributed by atoms with van der Waals surface area (Å²) in [5.41, 5.74) is 0.383. The van der Waals surface area contributed by atoms with Gasteiger partial charge in [0.05, 0.1) is 5.54 Å². The monoisotopic (exact) mass is 244 g/mol. The largest absolute Gasteiger partial charge is 0.291 e. The fourth-order valence-electron chi connectivity index (χ4n) is 3.68. The zero-order valence-electron chi connectivity index (χ0n) is 10.9. The van der Waals surface area contributed by atoms with Crippen LogP contribution in [0.4, 0.5) is 0 Å². The summed E-state index contributed by atoms with van der Waals surface area (Å²) in [6.45, 7) is 4.22. The van der Waals surface area contributed by atoms with Gasteiger partial charge < -0.3 is 0 Å². The van der Waals surface area contributed by atoms with E-state index in [0.717, 1.165) is 31.8 Å². The van der Waals surface area contributed by atoms with E-state index in [1.165, 1.54) is 12.8 Å². The Morgan fingerprint density at radius 3 is 2.83 bits per heavy atom. The number of hydrogen-bond donors (Lipinski definition) is 0. The molecule has 1 aromatic heterocycles. The molecule has 1 saturated carbocycles. The lowest BCUT2D eigenvalue weighted by Crippen LogP contribution is -2.62. The molecule has 2 bridgehead atoms. The van der Waals surface area contributed by atoms with Crippen LogP contribution in [0.15, 0.2) is 24.4 Å². The van der Waals surface area contributed by atoms with E-state index < -0.39 is 0 Å². The van der Waals surface area contributed by atoms with Crippen molar-refractivity contribution < 1.29 is 4.79 Å². The second-order valence-corrected chi connectivity index (χ2v) is 5.56. The van der Waals surface area contributed by atoms with Crippen LogP contribution in [0.25, 0.3) is 0 Å². The SMILES string of the molecule is CCN1CC2CCC1(C(=O)c1ccccn1)CC2. The summed E-state index contributed by atoms with van der Waals surface area (Å²) in [5.74, 6) is 1.05. The minimum Gasteiger partial charge on any atom is -0.291 e. The second-order valence-electron chi connectivity index (χ2n) is 5.56. The minimum absolute atomic E-state index is 0.239. The molecule has 0 N–H and O–H groups in total. The smallest absolute Gasteiger partial charge is 0.201 e. The third-order valence-corrected chi connectivity index (χ3v) is 4.72. The maximum atomic E-state index is 12.8. The number of likely N-dealkylation sites (N-methyl/N-ethyl adjacent to an activating group) is 1. The molecular weight excluding hydrogens is 224 g/mol. The van der Waals surface area contributed by atoms with Gasteiger partial charge in [0.25, 0.3) is 0 Å². The third kappa shape index (κ3) is 1.69. The first kappa shape index (κ1) is 11.8. The minimum atomic E-state index is -0.252. The molecule has 4 rings (SSSR count). The van der Waals surface area contributed by atoms with Crippen LogP contribution >= 0.6 is 0 Å². The summed E-state index contributed by atoms with van der Waals surface area (Å²) >= 11 is 0. The highest BCUT2D eigenvalue weighted by molar-refractivity contribution is 6.02. The van der Waals surface area contributed by atoms with Crippen molar-refractivity contribution in [2.24, 2.45) is 5.92 Å². The molecule has 3 heterocycles. The van der Waals surface area contributed by atoms with Crippen molar-refractivity contribution in [3.63, 3.8) is 0 Å². The van der Waals surface area contributed by atoms with E-state index in [1.54, 1.807) is 6.20 Å². The number of pyridine rings is 1. The molecule has 0 unspecified atom stereocenters. The maximum absolute atomic E-state index is 12.8. The third-order valence-electron chi connectivity index (χ3n) is 4.72. The Morgan fingerprint density at radius 1 is 1.44 bits per heavy atom. The molecular formula is C15H20N2O.